The lowest BCUT2D eigenvalue weighted by Gasteiger charge is -2.41. The topological polar surface area (TPSA) is 126 Å². The number of rotatable bonds is 4. The minimum absolute atomic E-state index is 0.0719. The number of esters is 2. The molecule has 0 aromatic rings. The Hall–Kier alpha value is -2.45. The molecule has 0 aliphatic carbocycles. The third-order valence-electron chi connectivity index (χ3n) is 3.27. The molecule has 2 heterocycles. The van der Waals surface area contributed by atoms with Gasteiger partial charge in [-0.3, -0.25) is 19.3 Å². The molecule has 24 heavy (non-hydrogen) atoms. The predicted octanol–water partition coefficient (Wildman–Crippen LogP) is 0.463. The van der Waals surface area contributed by atoms with E-state index in [1.807, 2.05) is 0 Å². The standard InChI is InChI=1S/C14H15N3O6S/c1-14(2,3)13(21)23-6-22-12(20)10-7(5-18)11(16-15)24-9-4-8(19)17(9)10/h5,9H,4,6H2,1-3H3/t9-/m0/s1. The van der Waals surface area contributed by atoms with Crippen LogP contribution in [0, 0.1) is 5.41 Å². The molecule has 2 aliphatic heterocycles. The Morgan fingerprint density at radius 1 is 1.42 bits per heavy atom. The van der Waals surface area contributed by atoms with Gasteiger partial charge in [-0.15, -0.1) is 0 Å². The second-order valence-electron chi connectivity index (χ2n) is 6.06. The highest BCUT2D eigenvalue weighted by Crippen LogP contribution is 2.40. The van der Waals surface area contributed by atoms with Gasteiger partial charge in [0.15, 0.2) is 12.0 Å². The van der Waals surface area contributed by atoms with Crippen molar-refractivity contribution in [2.75, 3.05) is 6.79 Å². The highest BCUT2D eigenvalue weighted by Gasteiger charge is 2.51. The number of amides is 1. The Labute approximate surface area is 141 Å². The molecule has 0 N–H and O–H groups in total. The number of ether oxygens (including phenoxy) is 2. The van der Waals surface area contributed by atoms with Gasteiger partial charge < -0.3 is 15.0 Å². The van der Waals surface area contributed by atoms with Crippen molar-refractivity contribution in [3.8, 4) is 0 Å². The monoisotopic (exact) mass is 353 g/mol. The van der Waals surface area contributed by atoms with Crippen LogP contribution in [0.1, 0.15) is 27.2 Å². The molecule has 1 amide bonds. The number of carbonyl (C=O) groups excluding carboxylic acids is 4. The summed E-state index contributed by atoms with van der Waals surface area (Å²) >= 11 is 0.994. The molecule has 10 heteroatoms. The largest absolute Gasteiger partial charge is 0.427 e. The van der Waals surface area contributed by atoms with Crippen LogP contribution in [-0.4, -0.2) is 51.0 Å². The third kappa shape index (κ3) is 3.24. The number of aldehydes is 1. The van der Waals surface area contributed by atoms with Crippen LogP contribution < -0.4 is 0 Å². The first-order valence-corrected chi connectivity index (χ1v) is 7.83. The molecule has 0 aromatic heterocycles. The molecule has 0 aromatic carbocycles. The number of carbonyl (C=O) groups is 4. The zero-order chi connectivity index (χ0) is 18.1. The minimum Gasteiger partial charge on any atom is -0.427 e. The fourth-order valence-corrected chi connectivity index (χ4v) is 3.12. The van der Waals surface area contributed by atoms with Gasteiger partial charge in [-0.2, -0.15) is 4.79 Å². The van der Waals surface area contributed by atoms with Gasteiger partial charge in [-0.1, -0.05) is 0 Å². The van der Waals surface area contributed by atoms with Crippen LogP contribution >= 0.6 is 11.8 Å². The van der Waals surface area contributed by atoms with Crippen molar-refractivity contribution in [1.82, 2.24) is 4.90 Å². The Kier molecular flexibility index (Phi) is 4.91. The Bertz CT molecular complexity index is 702. The fourth-order valence-electron chi connectivity index (χ4n) is 1.99. The van der Waals surface area contributed by atoms with Crippen LogP contribution in [0.5, 0.6) is 0 Å². The average Bonchev–Trinajstić information content (AvgIpc) is 2.51. The van der Waals surface area contributed by atoms with Crippen LogP contribution in [-0.2, 0) is 28.7 Å². The van der Waals surface area contributed by atoms with E-state index in [4.69, 9.17) is 15.0 Å². The van der Waals surface area contributed by atoms with Gasteiger partial charge in [0.05, 0.1) is 11.8 Å². The van der Waals surface area contributed by atoms with Crippen molar-refractivity contribution in [3.05, 3.63) is 16.8 Å². The molecule has 9 nitrogen and oxygen atoms in total. The molecular weight excluding hydrogens is 338 g/mol. The van der Waals surface area contributed by atoms with Gasteiger partial charge in [-0.05, 0) is 32.5 Å². The number of fused-ring (bicyclic) bond motifs is 1. The number of thioether (sulfide) groups is 1. The summed E-state index contributed by atoms with van der Waals surface area (Å²) in [5.41, 5.74) is 7.64. The SMILES string of the molecule is CC(C)(C)C(=O)OCOC(=O)C1=C(C=O)C(=[N+]=[N-])S[C@H]2CC(=O)N12. The van der Waals surface area contributed by atoms with E-state index in [0.29, 0.717) is 6.29 Å². The Morgan fingerprint density at radius 2 is 2.08 bits per heavy atom. The van der Waals surface area contributed by atoms with E-state index in [1.165, 1.54) is 0 Å². The van der Waals surface area contributed by atoms with Crippen LogP contribution in [0.3, 0.4) is 0 Å². The molecule has 0 saturated carbocycles. The zero-order valence-electron chi connectivity index (χ0n) is 13.3. The molecular formula is C14H15N3O6S. The van der Waals surface area contributed by atoms with E-state index in [2.05, 4.69) is 4.79 Å². The average molecular weight is 353 g/mol. The summed E-state index contributed by atoms with van der Waals surface area (Å²) in [5, 5.41) is -0.510. The lowest BCUT2D eigenvalue weighted by molar-refractivity contribution is -0.173. The highest BCUT2D eigenvalue weighted by molar-refractivity contribution is 8.14. The van der Waals surface area contributed by atoms with Crippen molar-refractivity contribution >= 4 is 40.9 Å². The molecule has 0 spiro atoms. The van der Waals surface area contributed by atoms with Crippen LogP contribution in [0.25, 0.3) is 5.53 Å². The summed E-state index contributed by atoms with van der Waals surface area (Å²) in [6.45, 7) is 4.25. The fraction of sp³-hybridized carbons (Fsp3) is 0.500. The first-order valence-electron chi connectivity index (χ1n) is 6.95. The predicted molar refractivity (Wildman–Crippen MR) is 81.1 cm³/mol. The van der Waals surface area contributed by atoms with E-state index < -0.39 is 29.5 Å². The van der Waals surface area contributed by atoms with E-state index in [1.54, 1.807) is 20.8 Å². The van der Waals surface area contributed by atoms with Gasteiger partial charge in [-0.25, -0.2) is 4.79 Å². The van der Waals surface area contributed by atoms with Crippen LogP contribution in [0.2, 0.25) is 0 Å². The molecule has 1 fully saturated rings. The Balaban J connectivity index is 2.17. The molecule has 2 aliphatic rings. The van der Waals surface area contributed by atoms with E-state index >= 15 is 0 Å². The Morgan fingerprint density at radius 3 is 2.58 bits per heavy atom. The molecule has 2 rings (SSSR count). The maximum atomic E-state index is 12.2. The second kappa shape index (κ2) is 6.58. The third-order valence-corrected chi connectivity index (χ3v) is 4.45. The normalized spacial score (nSPS) is 20.0. The first-order chi connectivity index (χ1) is 11.2. The van der Waals surface area contributed by atoms with Crippen LogP contribution in [0.4, 0.5) is 0 Å². The number of hydrogen-bond acceptors (Lipinski definition) is 7. The highest BCUT2D eigenvalue weighted by atomic mass is 32.2. The van der Waals surface area contributed by atoms with Gasteiger partial charge in [0.2, 0.25) is 12.7 Å². The summed E-state index contributed by atoms with van der Waals surface area (Å²) in [6.07, 6.45) is 0.452. The quantitative estimate of drug-likeness (QED) is 0.179. The number of β-lactam (4-membered cyclic amide) rings is 1. The van der Waals surface area contributed by atoms with Gasteiger partial charge >= 0.3 is 17.0 Å². The second-order valence-corrected chi connectivity index (χ2v) is 7.22. The molecule has 128 valence electrons. The molecule has 0 bridgehead atoms. The van der Waals surface area contributed by atoms with Crippen molar-refractivity contribution in [2.24, 2.45) is 5.41 Å². The van der Waals surface area contributed by atoms with E-state index in [-0.39, 0.29) is 28.6 Å². The first kappa shape index (κ1) is 17.9. The van der Waals surface area contributed by atoms with Crippen molar-refractivity contribution in [3.63, 3.8) is 0 Å². The van der Waals surface area contributed by atoms with Crippen LogP contribution in [0.15, 0.2) is 11.3 Å². The number of hydrogen-bond donors (Lipinski definition) is 0. The molecule has 1 saturated heterocycles. The minimum atomic E-state index is -1.02. The molecule has 0 unspecified atom stereocenters. The van der Waals surface area contributed by atoms with Gasteiger partial charge in [0.25, 0.3) is 0 Å². The van der Waals surface area contributed by atoms with Gasteiger partial charge in [0, 0.05) is 0 Å². The maximum absolute atomic E-state index is 12.2. The summed E-state index contributed by atoms with van der Waals surface area (Å²) in [7, 11) is 0. The summed E-state index contributed by atoms with van der Waals surface area (Å²) in [5.74, 6) is -1.95. The van der Waals surface area contributed by atoms with E-state index in [0.717, 1.165) is 16.7 Å². The molecule has 1 atom stereocenters. The van der Waals surface area contributed by atoms with Crippen molar-refractivity contribution < 1.29 is 33.4 Å². The van der Waals surface area contributed by atoms with Crippen molar-refractivity contribution in [1.29, 1.82) is 0 Å². The lowest BCUT2D eigenvalue weighted by Crippen LogP contribution is -2.55. The lowest BCUT2D eigenvalue weighted by atomic mass is 9.98. The van der Waals surface area contributed by atoms with Crippen molar-refractivity contribution in [2.45, 2.75) is 32.6 Å². The van der Waals surface area contributed by atoms with Gasteiger partial charge in [0.1, 0.15) is 10.9 Å². The summed E-state index contributed by atoms with van der Waals surface area (Å²) in [4.78, 5) is 50.9. The summed E-state index contributed by atoms with van der Waals surface area (Å²) < 4.78 is 9.65. The smallest absolute Gasteiger partial charge is 0.364 e. The molecule has 0 radical (unpaired) electrons. The number of nitrogens with zero attached hydrogens (tertiary/aromatic N) is 3. The summed E-state index contributed by atoms with van der Waals surface area (Å²) in [6, 6.07) is 0. The zero-order valence-corrected chi connectivity index (χ0v) is 14.1. The maximum Gasteiger partial charge on any atom is 0.364 e. The van der Waals surface area contributed by atoms with E-state index in [9.17, 15) is 19.2 Å².